The van der Waals surface area contributed by atoms with E-state index < -0.39 is 0 Å². The van der Waals surface area contributed by atoms with Gasteiger partial charge in [-0.15, -0.1) is 12.3 Å². The van der Waals surface area contributed by atoms with Gasteiger partial charge in [0.25, 0.3) is 0 Å². The standard InChI is InChI=1S/C12H14FN/c1-3-4-5-12(14)10-8-9(2)6-7-11(10)13/h1,6-8,12H,4-5,14H2,2H3. The van der Waals surface area contributed by atoms with Crippen LogP contribution in [0.5, 0.6) is 0 Å². The molecule has 0 fully saturated rings. The van der Waals surface area contributed by atoms with Gasteiger partial charge >= 0.3 is 0 Å². The first-order chi connectivity index (χ1) is 6.65. The topological polar surface area (TPSA) is 26.0 Å². The van der Waals surface area contributed by atoms with E-state index in [9.17, 15) is 4.39 Å². The molecule has 0 heterocycles. The molecule has 0 bridgehead atoms. The zero-order valence-electron chi connectivity index (χ0n) is 8.26. The van der Waals surface area contributed by atoms with Gasteiger partial charge in [0.15, 0.2) is 0 Å². The minimum atomic E-state index is -0.300. The summed E-state index contributed by atoms with van der Waals surface area (Å²) in [4.78, 5) is 0. The predicted molar refractivity (Wildman–Crippen MR) is 56.1 cm³/mol. The van der Waals surface area contributed by atoms with Crippen molar-refractivity contribution in [2.75, 3.05) is 0 Å². The van der Waals surface area contributed by atoms with Gasteiger partial charge in [-0.05, 0) is 19.4 Å². The lowest BCUT2D eigenvalue weighted by atomic mass is 10.0. The summed E-state index contributed by atoms with van der Waals surface area (Å²) in [7, 11) is 0. The summed E-state index contributed by atoms with van der Waals surface area (Å²) in [5.74, 6) is 2.25. The SMILES string of the molecule is C#CCCC(N)c1cc(C)ccc1F. The molecule has 74 valence electrons. The minimum Gasteiger partial charge on any atom is -0.324 e. The van der Waals surface area contributed by atoms with Crippen LogP contribution in [0.25, 0.3) is 0 Å². The van der Waals surface area contributed by atoms with Gasteiger partial charge in [-0.2, -0.15) is 0 Å². The van der Waals surface area contributed by atoms with Crippen LogP contribution in [0.15, 0.2) is 18.2 Å². The first-order valence-corrected chi connectivity index (χ1v) is 4.60. The van der Waals surface area contributed by atoms with Crippen molar-refractivity contribution in [1.82, 2.24) is 0 Å². The highest BCUT2D eigenvalue weighted by Crippen LogP contribution is 2.20. The molecule has 0 aliphatic heterocycles. The molecule has 0 aromatic heterocycles. The molecule has 0 aliphatic carbocycles. The van der Waals surface area contributed by atoms with E-state index in [0.717, 1.165) is 5.56 Å². The predicted octanol–water partition coefficient (Wildman–Crippen LogP) is 2.55. The summed E-state index contributed by atoms with van der Waals surface area (Å²) in [5.41, 5.74) is 7.38. The molecule has 0 saturated heterocycles. The second-order valence-electron chi connectivity index (χ2n) is 3.37. The van der Waals surface area contributed by atoms with Crippen molar-refractivity contribution in [1.29, 1.82) is 0 Å². The fraction of sp³-hybridized carbons (Fsp3) is 0.333. The molecule has 2 N–H and O–H groups in total. The third-order valence-corrected chi connectivity index (χ3v) is 2.15. The highest BCUT2D eigenvalue weighted by Gasteiger charge is 2.10. The Morgan fingerprint density at radius 3 is 2.93 bits per heavy atom. The molecular weight excluding hydrogens is 177 g/mol. The maximum absolute atomic E-state index is 13.3. The van der Waals surface area contributed by atoms with Gasteiger partial charge in [-0.25, -0.2) is 4.39 Å². The van der Waals surface area contributed by atoms with Crippen LogP contribution in [0.1, 0.15) is 30.0 Å². The summed E-state index contributed by atoms with van der Waals surface area (Å²) in [6, 6.07) is 4.65. The molecule has 1 nitrogen and oxygen atoms in total. The number of rotatable bonds is 3. The van der Waals surface area contributed by atoms with Crippen LogP contribution in [0, 0.1) is 25.1 Å². The van der Waals surface area contributed by atoms with E-state index in [-0.39, 0.29) is 11.9 Å². The maximum atomic E-state index is 13.3. The van der Waals surface area contributed by atoms with Crippen LogP contribution in [-0.2, 0) is 0 Å². The summed E-state index contributed by atoms with van der Waals surface area (Å²) < 4.78 is 13.3. The van der Waals surface area contributed by atoms with Crippen molar-refractivity contribution in [3.8, 4) is 12.3 Å². The number of aryl methyl sites for hydroxylation is 1. The van der Waals surface area contributed by atoms with Crippen molar-refractivity contribution >= 4 is 0 Å². The first kappa shape index (κ1) is 10.7. The Hall–Kier alpha value is -1.33. The lowest BCUT2D eigenvalue weighted by molar-refractivity contribution is 0.567. The average Bonchev–Trinajstić information content (AvgIpc) is 2.18. The maximum Gasteiger partial charge on any atom is 0.127 e. The van der Waals surface area contributed by atoms with Gasteiger partial charge in [0.05, 0.1) is 0 Å². The Balaban J connectivity index is 2.83. The number of benzene rings is 1. The average molecular weight is 191 g/mol. The highest BCUT2D eigenvalue weighted by atomic mass is 19.1. The van der Waals surface area contributed by atoms with E-state index in [1.54, 1.807) is 12.1 Å². The van der Waals surface area contributed by atoms with Gasteiger partial charge in [0.2, 0.25) is 0 Å². The summed E-state index contributed by atoms with van der Waals surface area (Å²) in [6.45, 7) is 1.91. The number of nitrogens with two attached hydrogens (primary N) is 1. The summed E-state index contributed by atoms with van der Waals surface area (Å²) >= 11 is 0. The van der Waals surface area contributed by atoms with Gasteiger partial charge in [0, 0.05) is 18.0 Å². The molecule has 0 amide bonds. The number of hydrogen-bond acceptors (Lipinski definition) is 1. The normalized spacial score (nSPS) is 12.1. The third kappa shape index (κ3) is 2.58. The van der Waals surface area contributed by atoms with Crippen LogP contribution < -0.4 is 5.73 Å². The zero-order chi connectivity index (χ0) is 10.6. The molecule has 2 heteroatoms. The molecule has 14 heavy (non-hydrogen) atoms. The molecule has 0 radical (unpaired) electrons. The van der Waals surface area contributed by atoms with Crippen molar-refractivity contribution < 1.29 is 4.39 Å². The number of halogens is 1. The summed E-state index contributed by atoms with van der Waals surface area (Å²) in [5, 5.41) is 0. The van der Waals surface area contributed by atoms with Crippen molar-refractivity contribution in [2.45, 2.75) is 25.8 Å². The van der Waals surface area contributed by atoms with Gasteiger partial charge in [-0.1, -0.05) is 17.7 Å². The summed E-state index contributed by atoms with van der Waals surface area (Å²) in [6.07, 6.45) is 6.32. The second kappa shape index (κ2) is 4.78. The Morgan fingerprint density at radius 1 is 1.57 bits per heavy atom. The van der Waals surface area contributed by atoms with Crippen LogP contribution in [0.2, 0.25) is 0 Å². The molecular formula is C12H14FN. The van der Waals surface area contributed by atoms with E-state index in [2.05, 4.69) is 5.92 Å². The van der Waals surface area contributed by atoms with Gasteiger partial charge < -0.3 is 5.73 Å². The van der Waals surface area contributed by atoms with E-state index in [0.29, 0.717) is 18.4 Å². The largest absolute Gasteiger partial charge is 0.324 e. The van der Waals surface area contributed by atoms with E-state index in [1.165, 1.54) is 6.07 Å². The molecule has 1 aromatic rings. The molecule has 1 aromatic carbocycles. The van der Waals surface area contributed by atoms with Crippen LogP contribution in [0.3, 0.4) is 0 Å². The third-order valence-electron chi connectivity index (χ3n) is 2.15. The smallest absolute Gasteiger partial charge is 0.127 e. The molecule has 1 unspecified atom stereocenters. The molecule has 0 spiro atoms. The van der Waals surface area contributed by atoms with Crippen LogP contribution >= 0.6 is 0 Å². The fourth-order valence-electron chi connectivity index (χ4n) is 1.34. The van der Waals surface area contributed by atoms with Crippen molar-refractivity contribution in [3.63, 3.8) is 0 Å². The fourth-order valence-corrected chi connectivity index (χ4v) is 1.34. The van der Waals surface area contributed by atoms with Crippen LogP contribution in [-0.4, -0.2) is 0 Å². The molecule has 0 saturated carbocycles. The Bertz CT molecular complexity index is 352. The Morgan fingerprint density at radius 2 is 2.29 bits per heavy atom. The van der Waals surface area contributed by atoms with E-state index in [1.807, 2.05) is 6.92 Å². The molecule has 0 aliphatic rings. The Kier molecular flexibility index (Phi) is 3.67. The monoisotopic (exact) mass is 191 g/mol. The quantitative estimate of drug-likeness (QED) is 0.730. The van der Waals surface area contributed by atoms with E-state index >= 15 is 0 Å². The zero-order valence-corrected chi connectivity index (χ0v) is 8.26. The van der Waals surface area contributed by atoms with Crippen molar-refractivity contribution in [2.24, 2.45) is 5.73 Å². The second-order valence-corrected chi connectivity index (χ2v) is 3.37. The van der Waals surface area contributed by atoms with Gasteiger partial charge in [0.1, 0.15) is 5.82 Å². The molecule has 1 rings (SSSR count). The number of terminal acetylenes is 1. The van der Waals surface area contributed by atoms with Crippen molar-refractivity contribution in [3.05, 3.63) is 35.1 Å². The highest BCUT2D eigenvalue weighted by molar-refractivity contribution is 5.26. The van der Waals surface area contributed by atoms with E-state index in [4.69, 9.17) is 12.2 Å². The number of hydrogen-bond donors (Lipinski definition) is 1. The van der Waals surface area contributed by atoms with Crippen LogP contribution in [0.4, 0.5) is 4.39 Å². The first-order valence-electron chi connectivity index (χ1n) is 4.60. The Labute approximate surface area is 84.1 Å². The van der Waals surface area contributed by atoms with Gasteiger partial charge in [-0.3, -0.25) is 0 Å². The lowest BCUT2D eigenvalue weighted by Gasteiger charge is -2.11. The molecule has 1 atom stereocenters. The lowest BCUT2D eigenvalue weighted by Crippen LogP contribution is -2.12. The minimum absolute atomic E-state index is 0.250.